The van der Waals surface area contributed by atoms with Gasteiger partial charge in [0.25, 0.3) is 0 Å². The predicted octanol–water partition coefficient (Wildman–Crippen LogP) is 5.60. The molecule has 1 aromatic rings. The van der Waals surface area contributed by atoms with E-state index in [-0.39, 0.29) is 40.4 Å². The van der Waals surface area contributed by atoms with Gasteiger partial charge in [-0.05, 0) is 33.6 Å². The summed E-state index contributed by atoms with van der Waals surface area (Å²) in [4.78, 5) is 13.6. The average molecular weight is 458 g/mol. The highest BCUT2D eigenvalue weighted by atomic mass is 32.1. The van der Waals surface area contributed by atoms with Gasteiger partial charge < -0.3 is 18.7 Å². The van der Waals surface area contributed by atoms with Gasteiger partial charge in [0.2, 0.25) is 0 Å². The minimum absolute atomic E-state index is 0.0765. The smallest absolute Gasteiger partial charge is 0.335 e. The van der Waals surface area contributed by atoms with Gasteiger partial charge in [0.05, 0.1) is 23.6 Å². The molecule has 5 nitrogen and oxygen atoms in total. The number of rotatable bonds is 7. The SMILES string of the molecule is CC(C)[Si]1(C(C)C)OC[C@H](N)[C@H](CC(=O)c2cccs2)O[Si](C(C)C)(C(C)C)O1. The quantitative estimate of drug-likeness (QED) is 0.426. The van der Waals surface area contributed by atoms with E-state index in [2.05, 4.69) is 55.4 Å². The molecule has 29 heavy (non-hydrogen) atoms. The molecule has 2 atom stereocenters. The molecule has 1 saturated heterocycles. The first-order valence-electron chi connectivity index (χ1n) is 10.8. The lowest BCUT2D eigenvalue weighted by atomic mass is 10.1. The fourth-order valence-corrected chi connectivity index (χ4v) is 16.2. The van der Waals surface area contributed by atoms with Gasteiger partial charge in [0.15, 0.2) is 5.78 Å². The van der Waals surface area contributed by atoms with Crippen LogP contribution in [0, 0.1) is 0 Å². The van der Waals surface area contributed by atoms with E-state index < -0.39 is 23.2 Å². The van der Waals surface area contributed by atoms with Crippen LogP contribution in [0.5, 0.6) is 0 Å². The van der Waals surface area contributed by atoms with Crippen LogP contribution in [0.2, 0.25) is 22.2 Å². The van der Waals surface area contributed by atoms with E-state index in [1.54, 1.807) is 0 Å². The second kappa shape index (κ2) is 9.85. The molecule has 166 valence electrons. The fourth-order valence-electron chi connectivity index (χ4n) is 4.28. The average Bonchev–Trinajstić information content (AvgIpc) is 3.15. The summed E-state index contributed by atoms with van der Waals surface area (Å²) in [5.41, 5.74) is 7.60. The molecular weight excluding hydrogens is 418 g/mol. The summed E-state index contributed by atoms with van der Waals surface area (Å²) < 4.78 is 20.6. The van der Waals surface area contributed by atoms with Crippen molar-refractivity contribution in [3.8, 4) is 0 Å². The number of carbonyl (C=O) groups is 1. The Hall–Kier alpha value is -0.356. The van der Waals surface area contributed by atoms with Gasteiger partial charge >= 0.3 is 17.1 Å². The lowest BCUT2D eigenvalue weighted by molar-refractivity contribution is 0.0440. The van der Waals surface area contributed by atoms with Crippen LogP contribution < -0.4 is 5.73 Å². The largest absolute Gasteiger partial charge is 0.414 e. The summed E-state index contributed by atoms with van der Waals surface area (Å²) in [7, 11) is -5.30. The Labute approximate surface area is 182 Å². The molecule has 1 fully saturated rings. The molecule has 0 unspecified atom stereocenters. The molecular formula is C21H39NO4SSi2. The van der Waals surface area contributed by atoms with Crippen molar-refractivity contribution in [3.05, 3.63) is 22.4 Å². The van der Waals surface area contributed by atoms with Crippen molar-refractivity contribution < 1.29 is 17.8 Å². The number of nitrogens with two attached hydrogens (primary N) is 1. The van der Waals surface area contributed by atoms with Crippen LogP contribution in [0.4, 0.5) is 0 Å². The first kappa shape index (κ1) is 24.9. The molecule has 0 bridgehead atoms. The summed E-state index contributed by atoms with van der Waals surface area (Å²) in [5.74, 6) is 0.0765. The molecule has 0 radical (unpaired) electrons. The topological polar surface area (TPSA) is 70.8 Å². The number of carbonyl (C=O) groups excluding carboxylic acids is 1. The van der Waals surface area contributed by atoms with Crippen molar-refractivity contribution in [1.82, 2.24) is 0 Å². The number of Topliss-reactive ketones (excluding diaryl/α,β-unsaturated/α-hetero) is 1. The molecule has 0 saturated carbocycles. The number of ketones is 1. The first-order valence-corrected chi connectivity index (χ1v) is 15.6. The molecule has 0 aliphatic carbocycles. The number of thiophene rings is 1. The zero-order valence-corrected chi connectivity index (χ0v) is 22.0. The standard InChI is InChI=1S/C21H39NO4SSi2/c1-14(2)28(15(3)4)24-13-18(22)20(12-19(23)21-10-9-11-27-21)25-29(26-28,16(5)6)17(7)8/h9-11,14-18,20H,12-13,22H2,1-8H3/t18-,20-/m0/s1. The summed E-state index contributed by atoms with van der Waals surface area (Å²) >= 11 is 1.46. The molecule has 2 heterocycles. The molecule has 1 aromatic heterocycles. The van der Waals surface area contributed by atoms with Crippen LogP contribution in [0.15, 0.2) is 17.5 Å². The van der Waals surface area contributed by atoms with Gasteiger partial charge in [-0.2, -0.15) is 0 Å². The Morgan fingerprint density at radius 1 is 1.07 bits per heavy atom. The van der Waals surface area contributed by atoms with Gasteiger partial charge in [0, 0.05) is 6.42 Å². The molecule has 0 amide bonds. The monoisotopic (exact) mass is 457 g/mol. The number of hydrogen-bond donors (Lipinski definition) is 1. The van der Waals surface area contributed by atoms with Gasteiger partial charge in [-0.1, -0.05) is 61.5 Å². The maximum absolute atomic E-state index is 12.8. The van der Waals surface area contributed by atoms with E-state index in [1.807, 2.05) is 17.5 Å². The fraction of sp³-hybridized carbons (Fsp3) is 0.762. The second-order valence-electron chi connectivity index (χ2n) is 9.40. The number of hydrogen-bond acceptors (Lipinski definition) is 6. The third-order valence-electron chi connectivity index (χ3n) is 6.04. The zero-order chi connectivity index (χ0) is 22.0. The molecule has 0 spiro atoms. The van der Waals surface area contributed by atoms with E-state index >= 15 is 0 Å². The van der Waals surface area contributed by atoms with E-state index in [9.17, 15) is 4.79 Å². The zero-order valence-electron chi connectivity index (χ0n) is 19.2. The van der Waals surface area contributed by atoms with Crippen LogP contribution >= 0.6 is 11.3 Å². The highest BCUT2D eigenvalue weighted by Gasteiger charge is 2.58. The molecule has 2 N–H and O–H groups in total. The van der Waals surface area contributed by atoms with Crippen molar-refractivity contribution in [3.63, 3.8) is 0 Å². The Balaban J connectivity index is 2.44. The maximum atomic E-state index is 12.8. The van der Waals surface area contributed by atoms with Crippen molar-refractivity contribution in [1.29, 1.82) is 0 Å². The third kappa shape index (κ3) is 5.11. The maximum Gasteiger partial charge on any atom is 0.335 e. The Bertz CT molecular complexity index is 648. The minimum atomic E-state index is -2.73. The molecule has 1 aliphatic rings. The molecule has 1 aliphatic heterocycles. The third-order valence-corrected chi connectivity index (χ3v) is 17.2. The van der Waals surface area contributed by atoms with Crippen LogP contribution in [0.1, 0.15) is 71.5 Å². The van der Waals surface area contributed by atoms with E-state index in [0.29, 0.717) is 6.61 Å². The van der Waals surface area contributed by atoms with Crippen LogP contribution in [-0.2, 0) is 13.0 Å². The highest BCUT2D eigenvalue weighted by molar-refractivity contribution is 7.12. The van der Waals surface area contributed by atoms with Crippen LogP contribution in [0.3, 0.4) is 0 Å². The minimum Gasteiger partial charge on any atom is -0.414 e. The Kier molecular flexibility index (Phi) is 8.46. The van der Waals surface area contributed by atoms with Gasteiger partial charge in [-0.25, -0.2) is 0 Å². The van der Waals surface area contributed by atoms with Crippen molar-refractivity contribution in [2.24, 2.45) is 5.73 Å². The summed E-state index contributed by atoms with van der Waals surface area (Å²) in [5, 5.41) is 1.92. The van der Waals surface area contributed by atoms with Crippen molar-refractivity contribution in [2.45, 2.75) is 96.1 Å². The Morgan fingerprint density at radius 3 is 2.07 bits per heavy atom. The van der Waals surface area contributed by atoms with Crippen molar-refractivity contribution in [2.75, 3.05) is 6.61 Å². The Morgan fingerprint density at radius 2 is 1.62 bits per heavy atom. The van der Waals surface area contributed by atoms with Crippen LogP contribution in [-0.4, -0.2) is 41.7 Å². The van der Waals surface area contributed by atoms with E-state index in [1.165, 1.54) is 11.3 Å². The summed E-state index contributed by atoms with van der Waals surface area (Å²) in [6, 6.07) is 3.41. The normalized spacial score (nSPS) is 24.9. The van der Waals surface area contributed by atoms with Gasteiger partial charge in [0.1, 0.15) is 0 Å². The van der Waals surface area contributed by atoms with Gasteiger partial charge in [-0.3, -0.25) is 4.79 Å². The summed E-state index contributed by atoms with van der Waals surface area (Å²) in [6.07, 6.45) is -0.132. The van der Waals surface area contributed by atoms with Gasteiger partial charge in [-0.15, -0.1) is 11.3 Å². The predicted molar refractivity (Wildman–Crippen MR) is 125 cm³/mol. The highest BCUT2D eigenvalue weighted by Crippen LogP contribution is 2.46. The second-order valence-corrected chi connectivity index (χ2v) is 19.2. The van der Waals surface area contributed by atoms with Crippen LogP contribution in [0.25, 0.3) is 0 Å². The molecule has 2 rings (SSSR count). The van der Waals surface area contributed by atoms with Crippen molar-refractivity contribution >= 4 is 34.2 Å². The summed E-state index contributed by atoms with van der Waals surface area (Å²) in [6.45, 7) is 17.8. The van der Waals surface area contributed by atoms with E-state index in [0.717, 1.165) is 4.88 Å². The molecule has 0 aromatic carbocycles. The lowest BCUT2D eigenvalue weighted by Gasteiger charge is -2.51. The van der Waals surface area contributed by atoms with E-state index in [4.69, 9.17) is 18.7 Å². The lowest BCUT2D eigenvalue weighted by Crippen LogP contribution is -2.66. The first-order chi connectivity index (χ1) is 13.5. The molecule has 8 heteroatoms.